The SMILES string of the molecule is Cc1cc(C(O)Cc2cc(Br)cs2)c(C)o1. The number of thiophene rings is 1. The van der Waals surface area contributed by atoms with Gasteiger partial charge in [0, 0.05) is 26.7 Å². The first-order valence-corrected chi connectivity index (χ1v) is 6.71. The van der Waals surface area contributed by atoms with Crippen molar-refractivity contribution in [2.24, 2.45) is 0 Å². The zero-order chi connectivity index (χ0) is 11.7. The monoisotopic (exact) mass is 300 g/mol. The van der Waals surface area contributed by atoms with Gasteiger partial charge in [0.25, 0.3) is 0 Å². The molecule has 0 fully saturated rings. The summed E-state index contributed by atoms with van der Waals surface area (Å²) in [5.74, 6) is 1.65. The lowest BCUT2D eigenvalue weighted by Crippen LogP contribution is -2.00. The number of aliphatic hydroxyl groups excluding tert-OH is 1. The summed E-state index contributed by atoms with van der Waals surface area (Å²) < 4.78 is 6.48. The van der Waals surface area contributed by atoms with Crippen molar-refractivity contribution in [1.82, 2.24) is 0 Å². The Kier molecular flexibility index (Phi) is 3.52. The van der Waals surface area contributed by atoms with E-state index in [1.54, 1.807) is 11.3 Å². The molecule has 16 heavy (non-hydrogen) atoms. The molecule has 2 aromatic heterocycles. The smallest absolute Gasteiger partial charge is 0.106 e. The summed E-state index contributed by atoms with van der Waals surface area (Å²) >= 11 is 5.05. The first-order valence-electron chi connectivity index (χ1n) is 5.04. The molecular formula is C12H13BrO2S. The molecule has 2 rings (SSSR count). The predicted molar refractivity (Wildman–Crippen MR) is 68.9 cm³/mol. The Hall–Kier alpha value is -0.580. The van der Waals surface area contributed by atoms with Gasteiger partial charge in [-0.25, -0.2) is 0 Å². The van der Waals surface area contributed by atoms with Crippen LogP contribution in [-0.2, 0) is 6.42 Å². The highest BCUT2D eigenvalue weighted by atomic mass is 79.9. The van der Waals surface area contributed by atoms with Gasteiger partial charge in [-0.15, -0.1) is 11.3 Å². The Balaban J connectivity index is 2.14. The molecule has 0 amide bonds. The van der Waals surface area contributed by atoms with Gasteiger partial charge in [0.1, 0.15) is 11.5 Å². The number of aliphatic hydroxyl groups is 1. The standard InChI is InChI=1S/C12H13BrO2S/c1-7-3-11(8(2)15-7)12(14)5-10-4-9(13)6-16-10/h3-4,6,12,14H,5H2,1-2H3. The lowest BCUT2D eigenvalue weighted by atomic mass is 10.1. The highest BCUT2D eigenvalue weighted by Gasteiger charge is 2.15. The summed E-state index contributed by atoms with van der Waals surface area (Å²) in [6.45, 7) is 3.78. The molecule has 0 aliphatic heterocycles. The Morgan fingerprint density at radius 1 is 1.44 bits per heavy atom. The van der Waals surface area contributed by atoms with Crippen molar-refractivity contribution in [3.8, 4) is 0 Å². The van der Waals surface area contributed by atoms with Crippen LogP contribution in [0.2, 0.25) is 0 Å². The van der Waals surface area contributed by atoms with Crippen molar-refractivity contribution in [2.45, 2.75) is 26.4 Å². The third kappa shape index (κ3) is 2.56. The predicted octanol–water partition coefficient (Wildman–Crippen LogP) is 4.00. The third-order valence-corrected chi connectivity index (χ3v) is 4.17. The fraction of sp³-hybridized carbons (Fsp3) is 0.333. The zero-order valence-corrected chi connectivity index (χ0v) is 11.6. The summed E-state index contributed by atoms with van der Waals surface area (Å²) in [6, 6.07) is 3.94. The maximum Gasteiger partial charge on any atom is 0.106 e. The molecule has 0 aliphatic rings. The van der Waals surface area contributed by atoms with Crippen LogP contribution in [0.3, 0.4) is 0 Å². The van der Waals surface area contributed by atoms with E-state index in [-0.39, 0.29) is 0 Å². The molecule has 86 valence electrons. The second kappa shape index (κ2) is 4.73. The molecule has 0 aliphatic carbocycles. The molecule has 4 heteroatoms. The lowest BCUT2D eigenvalue weighted by Gasteiger charge is -2.07. The first-order chi connectivity index (χ1) is 7.56. The number of hydrogen-bond acceptors (Lipinski definition) is 3. The minimum atomic E-state index is -0.483. The van der Waals surface area contributed by atoms with E-state index >= 15 is 0 Å². The van der Waals surface area contributed by atoms with Crippen LogP contribution < -0.4 is 0 Å². The number of furan rings is 1. The fourth-order valence-electron chi connectivity index (χ4n) is 1.74. The summed E-state index contributed by atoms with van der Waals surface area (Å²) in [5.41, 5.74) is 0.891. The summed E-state index contributed by atoms with van der Waals surface area (Å²) in [6.07, 6.45) is 0.152. The topological polar surface area (TPSA) is 33.4 Å². The van der Waals surface area contributed by atoms with Gasteiger partial charge in [-0.3, -0.25) is 0 Å². The van der Waals surface area contributed by atoms with Gasteiger partial charge in [-0.2, -0.15) is 0 Å². The first kappa shape index (κ1) is 11.9. The molecular weight excluding hydrogens is 288 g/mol. The Morgan fingerprint density at radius 2 is 2.19 bits per heavy atom. The van der Waals surface area contributed by atoms with Crippen LogP contribution in [0.5, 0.6) is 0 Å². The molecule has 1 N–H and O–H groups in total. The van der Waals surface area contributed by atoms with Gasteiger partial charge < -0.3 is 9.52 Å². The van der Waals surface area contributed by atoms with E-state index in [1.165, 1.54) is 0 Å². The van der Waals surface area contributed by atoms with Crippen molar-refractivity contribution in [1.29, 1.82) is 0 Å². The van der Waals surface area contributed by atoms with Gasteiger partial charge >= 0.3 is 0 Å². The van der Waals surface area contributed by atoms with E-state index in [2.05, 4.69) is 15.9 Å². The number of rotatable bonds is 3. The number of aryl methyl sites for hydroxylation is 2. The maximum atomic E-state index is 10.1. The average Bonchev–Trinajstić information content (AvgIpc) is 2.73. The van der Waals surface area contributed by atoms with Crippen molar-refractivity contribution in [3.63, 3.8) is 0 Å². The second-order valence-electron chi connectivity index (χ2n) is 3.82. The van der Waals surface area contributed by atoms with Crippen molar-refractivity contribution >= 4 is 27.3 Å². The molecule has 2 heterocycles. The minimum absolute atomic E-state index is 0.483. The van der Waals surface area contributed by atoms with Crippen LogP contribution in [0.4, 0.5) is 0 Å². The van der Waals surface area contributed by atoms with Crippen molar-refractivity contribution in [3.05, 3.63) is 43.9 Å². The van der Waals surface area contributed by atoms with Crippen LogP contribution in [0.15, 0.2) is 26.4 Å². The summed E-state index contributed by atoms with van der Waals surface area (Å²) in [7, 11) is 0. The van der Waals surface area contributed by atoms with Crippen molar-refractivity contribution in [2.75, 3.05) is 0 Å². The molecule has 0 bridgehead atoms. The normalized spacial score (nSPS) is 13.0. The van der Waals surface area contributed by atoms with E-state index < -0.39 is 6.10 Å². The molecule has 0 radical (unpaired) electrons. The van der Waals surface area contributed by atoms with Crippen LogP contribution in [-0.4, -0.2) is 5.11 Å². The summed E-state index contributed by atoms with van der Waals surface area (Å²) in [4.78, 5) is 1.16. The van der Waals surface area contributed by atoms with Crippen LogP contribution in [0, 0.1) is 13.8 Å². The van der Waals surface area contributed by atoms with E-state index in [1.807, 2.05) is 31.4 Å². The maximum absolute atomic E-state index is 10.1. The van der Waals surface area contributed by atoms with Crippen LogP contribution in [0.25, 0.3) is 0 Å². The second-order valence-corrected chi connectivity index (χ2v) is 5.73. The van der Waals surface area contributed by atoms with Gasteiger partial charge in [0.05, 0.1) is 6.10 Å². The molecule has 0 saturated carbocycles. The van der Waals surface area contributed by atoms with E-state index in [9.17, 15) is 5.11 Å². The Morgan fingerprint density at radius 3 is 2.69 bits per heavy atom. The largest absolute Gasteiger partial charge is 0.466 e. The molecule has 1 unspecified atom stereocenters. The van der Waals surface area contributed by atoms with Crippen LogP contribution >= 0.6 is 27.3 Å². The minimum Gasteiger partial charge on any atom is -0.466 e. The van der Waals surface area contributed by atoms with Gasteiger partial charge in [-0.05, 0) is 41.9 Å². The molecule has 1 atom stereocenters. The fourth-order valence-corrected chi connectivity index (χ4v) is 3.23. The zero-order valence-electron chi connectivity index (χ0n) is 9.16. The van der Waals surface area contributed by atoms with Gasteiger partial charge in [0.15, 0.2) is 0 Å². The molecule has 2 nitrogen and oxygen atoms in total. The quantitative estimate of drug-likeness (QED) is 0.929. The summed E-state index contributed by atoms with van der Waals surface area (Å²) in [5, 5.41) is 12.1. The molecule has 0 spiro atoms. The number of hydrogen-bond donors (Lipinski definition) is 1. The third-order valence-electron chi connectivity index (χ3n) is 2.45. The highest BCUT2D eigenvalue weighted by Crippen LogP contribution is 2.28. The molecule has 2 aromatic rings. The Labute approximate surface area is 107 Å². The Bertz CT molecular complexity index is 487. The van der Waals surface area contributed by atoms with E-state index in [4.69, 9.17) is 4.42 Å². The van der Waals surface area contributed by atoms with Gasteiger partial charge in [0.2, 0.25) is 0 Å². The highest BCUT2D eigenvalue weighted by molar-refractivity contribution is 9.10. The lowest BCUT2D eigenvalue weighted by molar-refractivity contribution is 0.177. The molecule has 0 aromatic carbocycles. The average molecular weight is 301 g/mol. The van der Waals surface area contributed by atoms with Crippen LogP contribution in [0.1, 0.15) is 28.1 Å². The van der Waals surface area contributed by atoms with E-state index in [0.29, 0.717) is 6.42 Å². The van der Waals surface area contributed by atoms with Gasteiger partial charge in [-0.1, -0.05) is 0 Å². The molecule has 0 saturated heterocycles. The number of halogens is 1. The van der Waals surface area contributed by atoms with E-state index in [0.717, 1.165) is 26.4 Å². The van der Waals surface area contributed by atoms with Crippen molar-refractivity contribution < 1.29 is 9.52 Å².